The number of rotatable bonds is 5. The van der Waals surface area contributed by atoms with Crippen molar-refractivity contribution in [1.82, 2.24) is 10.3 Å². The quantitative estimate of drug-likeness (QED) is 0.596. The number of nitrogens with one attached hydrogen (secondary N) is 2. The molecule has 7 heteroatoms. The molecule has 4 rings (SSSR count). The highest BCUT2D eigenvalue weighted by Crippen LogP contribution is 2.35. The van der Waals surface area contributed by atoms with Gasteiger partial charge in [-0.15, -0.1) is 36.2 Å². The van der Waals surface area contributed by atoms with Crippen molar-refractivity contribution in [3.63, 3.8) is 0 Å². The molecule has 4 heterocycles. The Bertz CT molecular complexity index is 868. The van der Waals surface area contributed by atoms with Gasteiger partial charge in [-0.25, -0.2) is 0 Å². The Balaban J connectivity index is 0.00000160. The van der Waals surface area contributed by atoms with Crippen molar-refractivity contribution in [2.45, 2.75) is 65.0 Å². The van der Waals surface area contributed by atoms with Crippen LogP contribution in [-0.4, -0.2) is 41.7 Å². The first-order chi connectivity index (χ1) is 13.6. The van der Waals surface area contributed by atoms with Crippen LogP contribution in [0.4, 0.5) is 0 Å². The van der Waals surface area contributed by atoms with Gasteiger partial charge >= 0.3 is 0 Å². The number of likely N-dealkylation sites (tertiary alicyclic amines) is 1. The first-order valence-corrected chi connectivity index (χ1v) is 11.8. The summed E-state index contributed by atoms with van der Waals surface area (Å²) in [6, 6.07) is 7.52. The van der Waals surface area contributed by atoms with E-state index >= 15 is 0 Å². The number of halogens is 2. The summed E-state index contributed by atoms with van der Waals surface area (Å²) in [6.45, 7) is 10.3. The van der Waals surface area contributed by atoms with Gasteiger partial charge in [0.1, 0.15) is 6.54 Å². The summed E-state index contributed by atoms with van der Waals surface area (Å²) in [5.41, 5.74) is 3.12. The fourth-order valence-corrected chi connectivity index (χ4v) is 6.45. The molecule has 2 N–H and O–H groups in total. The number of aromatic nitrogens is 1. The number of pyridine rings is 1. The fourth-order valence-electron chi connectivity index (χ4n) is 5.25. The van der Waals surface area contributed by atoms with Gasteiger partial charge in [0.25, 0.3) is 5.56 Å². The lowest BCUT2D eigenvalue weighted by Gasteiger charge is -2.48. The van der Waals surface area contributed by atoms with E-state index in [9.17, 15) is 4.79 Å². The van der Waals surface area contributed by atoms with Crippen LogP contribution in [0.15, 0.2) is 23.0 Å². The number of thiophene rings is 1. The average Bonchev–Trinajstić information content (AvgIpc) is 3.17. The van der Waals surface area contributed by atoms with Crippen molar-refractivity contribution >= 4 is 36.2 Å². The molecule has 168 valence electrons. The van der Waals surface area contributed by atoms with Crippen molar-refractivity contribution in [3.8, 4) is 10.4 Å². The number of hydrogen-bond donors (Lipinski definition) is 2. The summed E-state index contributed by atoms with van der Waals surface area (Å²) < 4.78 is 1.30. The highest BCUT2D eigenvalue weighted by Gasteiger charge is 2.39. The predicted octanol–water partition coefficient (Wildman–Crippen LogP) is 5.07. The van der Waals surface area contributed by atoms with Gasteiger partial charge in [0.2, 0.25) is 0 Å². The molecule has 0 radical (unpaired) electrons. The SMILES string of the molecule is CCc1cc(-c2ccc(C[N+]3(C4CCNCC4)CCCCC3)s2)c(C)[nH]c1=O.Cl.Cl. The minimum absolute atomic E-state index is 0. The molecule has 0 aromatic carbocycles. The predicted molar refractivity (Wildman–Crippen MR) is 132 cm³/mol. The zero-order valence-electron chi connectivity index (χ0n) is 18.2. The number of quaternary nitrogens is 1. The van der Waals surface area contributed by atoms with Gasteiger partial charge in [0, 0.05) is 47.6 Å². The third-order valence-electron chi connectivity index (χ3n) is 6.88. The Kier molecular flexibility index (Phi) is 9.44. The van der Waals surface area contributed by atoms with Crippen LogP contribution in [-0.2, 0) is 13.0 Å². The monoisotopic (exact) mass is 472 g/mol. The number of nitrogens with zero attached hydrogens (tertiary/aromatic N) is 1. The molecule has 0 spiro atoms. The molecular weight excluding hydrogens is 437 g/mol. The summed E-state index contributed by atoms with van der Waals surface area (Å²) in [6.07, 6.45) is 7.56. The Morgan fingerprint density at radius 2 is 1.80 bits per heavy atom. The van der Waals surface area contributed by atoms with Gasteiger partial charge < -0.3 is 14.8 Å². The molecule has 4 nitrogen and oxygen atoms in total. The molecule has 2 aliphatic heterocycles. The standard InChI is InChI=1S/C23H33N3OS.2ClH/c1-3-18-15-21(17(2)25-23(18)27)22-8-7-20(28-22)16-26(13-5-4-6-14-26)19-9-11-24-12-10-19;;/h7-8,15,19,24H,3-6,9-14,16H2,1-2H3;2*1H/p+1. The van der Waals surface area contributed by atoms with Gasteiger partial charge in [0.05, 0.1) is 24.0 Å². The van der Waals surface area contributed by atoms with E-state index in [-0.39, 0.29) is 30.4 Å². The second-order valence-corrected chi connectivity index (χ2v) is 9.82. The summed E-state index contributed by atoms with van der Waals surface area (Å²) in [5, 5.41) is 3.55. The van der Waals surface area contributed by atoms with E-state index < -0.39 is 0 Å². The minimum atomic E-state index is 0. The lowest BCUT2D eigenvalue weighted by atomic mass is 9.96. The topological polar surface area (TPSA) is 44.9 Å². The normalized spacial score (nSPS) is 19.0. The summed E-state index contributed by atoms with van der Waals surface area (Å²) >= 11 is 1.93. The molecule has 2 fully saturated rings. The molecule has 0 amide bonds. The number of aryl methyl sites for hydroxylation is 2. The smallest absolute Gasteiger partial charge is 0.251 e. The number of aromatic amines is 1. The van der Waals surface area contributed by atoms with Gasteiger partial charge in [-0.3, -0.25) is 4.79 Å². The zero-order valence-corrected chi connectivity index (χ0v) is 20.6. The number of H-pyrrole nitrogens is 1. The maximum absolute atomic E-state index is 12.1. The highest BCUT2D eigenvalue weighted by atomic mass is 35.5. The van der Waals surface area contributed by atoms with Crippen LogP contribution in [0.3, 0.4) is 0 Å². The summed E-state index contributed by atoms with van der Waals surface area (Å²) in [4.78, 5) is 17.9. The van der Waals surface area contributed by atoms with E-state index in [1.54, 1.807) is 0 Å². The lowest BCUT2D eigenvalue weighted by molar-refractivity contribution is -0.968. The molecule has 0 aliphatic carbocycles. The van der Waals surface area contributed by atoms with Crippen molar-refractivity contribution in [2.24, 2.45) is 0 Å². The maximum atomic E-state index is 12.1. The fraction of sp³-hybridized carbons (Fsp3) is 0.609. The Hall–Kier alpha value is -0.850. The van der Waals surface area contributed by atoms with Crippen molar-refractivity contribution in [3.05, 3.63) is 44.7 Å². The molecular formula is C23H36Cl2N3OS+. The van der Waals surface area contributed by atoms with Gasteiger partial charge in [-0.05, 0) is 50.8 Å². The first-order valence-electron chi connectivity index (χ1n) is 11.0. The van der Waals surface area contributed by atoms with Gasteiger partial charge in [-0.1, -0.05) is 6.92 Å². The number of hydrogen-bond acceptors (Lipinski definition) is 3. The molecule has 0 unspecified atom stereocenters. The third kappa shape index (κ3) is 5.31. The Labute approximate surface area is 196 Å². The number of piperidine rings is 2. The summed E-state index contributed by atoms with van der Waals surface area (Å²) in [7, 11) is 0. The van der Waals surface area contributed by atoms with Gasteiger partial charge in [-0.2, -0.15) is 0 Å². The van der Waals surface area contributed by atoms with E-state index in [0.29, 0.717) is 0 Å². The van der Waals surface area contributed by atoms with Crippen LogP contribution >= 0.6 is 36.2 Å². The Morgan fingerprint density at radius 1 is 1.10 bits per heavy atom. The summed E-state index contributed by atoms with van der Waals surface area (Å²) in [5.74, 6) is 0. The average molecular weight is 474 g/mol. The lowest BCUT2D eigenvalue weighted by Crippen LogP contribution is -2.59. The molecule has 0 saturated carbocycles. The largest absolute Gasteiger partial charge is 0.326 e. The van der Waals surface area contributed by atoms with E-state index in [4.69, 9.17) is 0 Å². The molecule has 2 saturated heterocycles. The third-order valence-corrected chi connectivity index (χ3v) is 7.99. The minimum Gasteiger partial charge on any atom is -0.326 e. The van der Waals surface area contributed by atoms with E-state index in [1.807, 2.05) is 25.2 Å². The van der Waals surface area contributed by atoms with Crippen LogP contribution in [0.2, 0.25) is 0 Å². The van der Waals surface area contributed by atoms with E-state index in [1.165, 1.54) is 84.6 Å². The van der Waals surface area contributed by atoms with E-state index in [0.717, 1.165) is 23.7 Å². The van der Waals surface area contributed by atoms with Crippen LogP contribution in [0.5, 0.6) is 0 Å². The van der Waals surface area contributed by atoms with Crippen LogP contribution < -0.4 is 10.9 Å². The van der Waals surface area contributed by atoms with Crippen LogP contribution in [0.25, 0.3) is 10.4 Å². The molecule has 0 bridgehead atoms. The van der Waals surface area contributed by atoms with Crippen LogP contribution in [0, 0.1) is 6.92 Å². The maximum Gasteiger partial charge on any atom is 0.251 e. The molecule has 2 aromatic rings. The van der Waals surface area contributed by atoms with Crippen molar-refractivity contribution in [1.29, 1.82) is 0 Å². The zero-order chi connectivity index (χ0) is 19.6. The second kappa shape index (κ2) is 11.1. The van der Waals surface area contributed by atoms with E-state index in [2.05, 4.69) is 28.5 Å². The molecule has 30 heavy (non-hydrogen) atoms. The Morgan fingerprint density at radius 3 is 2.47 bits per heavy atom. The van der Waals surface area contributed by atoms with Gasteiger partial charge in [0.15, 0.2) is 0 Å². The second-order valence-electron chi connectivity index (χ2n) is 8.65. The molecule has 2 aliphatic rings. The van der Waals surface area contributed by atoms with Crippen molar-refractivity contribution < 1.29 is 4.48 Å². The first kappa shape index (κ1) is 25.4. The molecule has 2 aromatic heterocycles. The van der Waals surface area contributed by atoms with Crippen molar-refractivity contribution in [2.75, 3.05) is 26.2 Å². The molecule has 0 atom stereocenters. The van der Waals surface area contributed by atoms with Crippen LogP contribution in [0.1, 0.15) is 55.2 Å². The highest BCUT2D eigenvalue weighted by molar-refractivity contribution is 7.15.